The Morgan fingerprint density at radius 3 is 0.965 bits per heavy atom. The molecule has 0 aromatic carbocycles. The van der Waals surface area contributed by atoms with Gasteiger partial charge in [-0.3, -0.25) is 14.4 Å². The number of carbonyl (C=O) groups excluding carboxylic acids is 3. The minimum Gasteiger partial charge on any atom is -0.462 e. The minimum atomic E-state index is -0.779. The Morgan fingerprint density at radius 1 is 0.351 bits per heavy atom. The van der Waals surface area contributed by atoms with Crippen LogP contribution in [0.1, 0.15) is 252 Å². The predicted molar refractivity (Wildman–Crippen MR) is 242 cm³/mol. The van der Waals surface area contributed by atoms with Crippen LogP contribution in [0.5, 0.6) is 0 Å². The molecule has 0 spiro atoms. The largest absolute Gasteiger partial charge is 0.462 e. The van der Waals surface area contributed by atoms with Crippen molar-refractivity contribution >= 4 is 17.9 Å². The van der Waals surface area contributed by atoms with Crippen molar-refractivity contribution in [2.45, 2.75) is 258 Å². The minimum absolute atomic E-state index is 0.0816. The van der Waals surface area contributed by atoms with Gasteiger partial charge in [-0.2, -0.15) is 0 Å². The van der Waals surface area contributed by atoms with Gasteiger partial charge in [0.25, 0.3) is 0 Å². The summed E-state index contributed by atoms with van der Waals surface area (Å²) < 4.78 is 16.7. The monoisotopic (exact) mass is 801 g/mol. The number of unbranched alkanes of at least 4 members (excludes halogenated alkanes) is 27. The first-order chi connectivity index (χ1) is 28.0. The Balaban J connectivity index is 4.35. The van der Waals surface area contributed by atoms with E-state index in [1.807, 2.05) is 0 Å². The number of hydrogen-bond acceptors (Lipinski definition) is 6. The molecule has 1 unspecified atom stereocenters. The van der Waals surface area contributed by atoms with Crippen molar-refractivity contribution in [1.82, 2.24) is 0 Å². The lowest BCUT2D eigenvalue weighted by atomic mass is 10.1. The molecule has 0 saturated carbocycles. The van der Waals surface area contributed by atoms with Crippen LogP contribution in [0.2, 0.25) is 0 Å². The second-order valence-corrected chi connectivity index (χ2v) is 16.3. The van der Waals surface area contributed by atoms with Crippen LogP contribution in [0.4, 0.5) is 0 Å². The molecule has 1 atom stereocenters. The molecule has 6 heteroatoms. The molecule has 0 bridgehead atoms. The van der Waals surface area contributed by atoms with Crippen LogP contribution in [0, 0.1) is 0 Å². The van der Waals surface area contributed by atoms with Gasteiger partial charge in [0.05, 0.1) is 0 Å². The molecule has 0 aromatic heterocycles. The number of esters is 3. The third kappa shape index (κ3) is 44.6. The summed E-state index contributed by atoms with van der Waals surface area (Å²) in [5.74, 6) is -0.906. The zero-order chi connectivity index (χ0) is 41.5. The second kappa shape index (κ2) is 46.3. The molecule has 57 heavy (non-hydrogen) atoms. The average Bonchev–Trinajstić information content (AvgIpc) is 3.21. The van der Waals surface area contributed by atoms with E-state index in [2.05, 4.69) is 57.2 Å². The van der Waals surface area contributed by atoms with Crippen LogP contribution in [0.25, 0.3) is 0 Å². The Bertz CT molecular complexity index is 969. The first kappa shape index (κ1) is 54.6. The lowest BCUT2D eigenvalue weighted by molar-refractivity contribution is -0.167. The summed E-state index contributed by atoms with van der Waals surface area (Å²) in [6.45, 7) is 6.51. The fourth-order valence-corrected chi connectivity index (χ4v) is 6.90. The molecule has 0 aliphatic carbocycles. The predicted octanol–water partition coefficient (Wildman–Crippen LogP) is 15.8. The molecule has 0 aromatic rings. The Labute approximate surface area is 353 Å². The Kier molecular flexibility index (Phi) is 44.4. The first-order valence-electron chi connectivity index (χ1n) is 24.5. The van der Waals surface area contributed by atoms with Crippen LogP contribution in [-0.2, 0) is 28.6 Å². The van der Waals surface area contributed by atoms with E-state index in [1.165, 1.54) is 122 Å². The van der Waals surface area contributed by atoms with Crippen molar-refractivity contribution in [3.8, 4) is 0 Å². The highest BCUT2D eigenvalue weighted by molar-refractivity contribution is 5.71. The van der Waals surface area contributed by atoms with Gasteiger partial charge >= 0.3 is 17.9 Å². The third-order valence-electron chi connectivity index (χ3n) is 10.6. The molecule has 0 N–H and O–H groups in total. The number of hydrogen-bond donors (Lipinski definition) is 0. The molecule has 6 nitrogen and oxygen atoms in total. The molecule has 0 aliphatic rings. The van der Waals surface area contributed by atoms with Gasteiger partial charge in [-0.05, 0) is 89.9 Å². The standard InChI is InChI=1S/C51H92O6/c1-4-7-10-13-16-19-21-23-25-27-29-32-35-38-41-44-50(53)56-47-48(46-55-49(52)43-40-37-34-31-18-15-12-9-6-3)57-51(54)45-42-39-36-33-30-28-26-24-22-20-17-14-11-8-5-2/h9,12,23-26,48H,4-8,10-11,13-22,27-47H2,1-3H3. The molecule has 0 saturated heterocycles. The molecule has 0 aliphatic heterocycles. The maximum atomic E-state index is 12.7. The lowest BCUT2D eigenvalue weighted by Gasteiger charge is -2.18. The number of ether oxygens (including phenoxy) is 3. The van der Waals surface area contributed by atoms with E-state index in [4.69, 9.17) is 14.2 Å². The number of allylic oxidation sites excluding steroid dienone is 6. The SMILES string of the molecule is CCC=CCCCCCCCC(=O)OCC(COC(=O)CCCCCCCC=CCCCCCCCC)OC(=O)CCCCCCCC=CCCCCCCCC. The summed E-state index contributed by atoms with van der Waals surface area (Å²) in [4.78, 5) is 37.8. The van der Waals surface area contributed by atoms with Gasteiger partial charge in [-0.25, -0.2) is 0 Å². The normalized spacial score (nSPS) is 12.3. The summed E-state index contributed by atoms with van der Waals surface area (Å²) >= 11 is 0. The number of rotatable bonds is 44. The van der Waals surface area contributed by atoms with Crippen LogP contribution in [-0.4, -0.2) is 37.2 Å². The van der Waals surface area contributed by atoms with E-state index in [-0.39, 0.29) is 31.1 Å². The maximum absolute atomic E-state index is 12.7. The number of carbonyl (C=O) groups is 3. The fraction of sp³-hybridized carbons (Fsp3) is 0.824. The zero-order valence-electron chi connectivity index (χ0n) is 37.9. The van der Waals surface area contributed by atoms with Crippen molar-refractivity contribution in [2.75, 3.05) is 13.2 Å². The van der Waals surface area contributed by atoms with Gasteiger partial charge in [-0.1, -0.05) is 179 Å². The third-order valence-corrected chi connectivity index (χ3v) is 10.6. The van der Waals surface area contributed by atoms with Crippen LogP contribution >= 0.6 is 0 Å². The van der Waals surface area contributed by atoms with Crippen molar-refractivity contribution in [1.29, 1.82) is 0 Å². The van der Waals surface area contributed by atoms with Crippen molar-refractivity contribution < 1.29 is 28.6 Å². The zero-order valence-corrected chi connectivity index (χ0v) is 37.9. The van der Waals surface area contributed by atoms with E-state index in [1.54, 1.807) is 0 Å². The fourth-order valence-electron chi connectivity index (χ4n) is 6.90. The van der Waals surface area contributed by atoms with Crippen LogP contribution in [0.3, 0.4) is 0 Å². The highest BCUT2D eigenvalue weighted by Crippen LogP contribution is 2.14. The Hall–Kier alpha value is -2.37. The highest BCUT2D eigenvalue weighted by Gasteiger charge is 2.19. The van der Waals surface area contributed by atoms with Gasteiger partial charge < -0.3 is 14.2 Å². The van der Waals surface area contributed by atoms with Crippen LogP contribution in [0.15, 0.2) is 36.5 Å². The summed E-state index contributed by atoms with van der Waals surface area (Å²) in [7, 11) is 0. The molecular weight excluding hydrogens is 709 g/mol. The lowest BCUT2D eigenvalue weighted by Crippen LogP contribution is -2.30. The van der Waals surface area contributed by atoms with Crippen molar-refractivity contribution in [2.24, 2.45) is 0 Å². The van der Waals surface area contributed by atoms with Gasteiger partial charge in [0.2, 0.25) is 0 Å². The highest BCUT2D eigenvalue weighted by atomic mass is 16.6. The second-order valence-electron chi connectivity index (χ2n) is 16.3. The molecule has 0 amide bonds. The van der Waals surface area contributed by atoms with Gasteiger partial charge in [0, 0.05) is 19.3 Å². The van der Waals surface area contributed by atoms with Crippen LogP contribution < -0.4 is 0 Å². The molecule has 0 heterocycles. The van der Waals surface area contributed by atoms with Gasteiger partial charge in [-0.15, -0.1) is 0 Å². The maximum Gasteiger partial charge on any atom is 0.306 e. The van der Waals surface area contributed by atoms with E-state index in [0.29, 0.717) is 19.3 Å². The molecular formula is C51H92O6. The summed E-state index contributed by atoms with van der Waals surface area (Å²) in [5.41, 5.74) is 0. The summed E-state index contributed by atoms with van der Waals surface area (Å²) in [5, 5.41) is 0. The first-order valence-corrected chi connectivity index (χ1v) is 24.5. The van der Waals surface area contributed by atoms with Gasteiger partial charge in [0.15, 0.2) is 6.10 Å². The summed E-state index contributed by atoms with van der Waals surface area (Å²) in [6, 6.07) is 0. The van der Waals surface area contributed by atoms with Crippen molar-refractivity contribution in [3.05, 3.63) is 36.5 Å². The molecule has 0 fully saturated rings. The molecule has 0 rings (SSSR count). The topological polar surface area (TPSA) is 78.9 Å². The quantitative estimate of drug-likeness (QED) is 0.0264. The van der Waals surface area contributed by atoms with E-state index in [9.17, 15) is 14.4 Å². The van der Waals surface area contributed by atoms with Gasteiger partial charge in [0.1, 0.15) is 13.2 Å². The molecule has 332 valence electrons. The Morgan fingerprint density at radius 2 is 0.632 bits per heavy atom. The average molecular weight is 801 g/mol. The van der Waals surface area contributed by atoms with E-state index in [0.717, 1.165) is 89.9 Å². The van der Waals surface area contributed by atoms with Crippen molar-refractivity contribution in [3.63, 3.8) is 0 Å². The van der Waals surface area contributed by atoms with E-state index >= 15 is 0 Å². The molecule has 0 radical (unpaired) electrons. The summed E-state index contributed by atoms with van der Waals surface area (Å²) in [6.07, 6.45) is 52.7. The smallest absolute Gasteiger partial charge is 0.306 e. The van der Waals surface area contributed by atoms with E-state index < -0.39 is 6.10 Å².